The Morgan fingerprint density at radius 2 is 1.91 bits per heavy atom. The summed E-state index contributed by atoms with van der Waals surface area (Å²) in [5.74, 6) is 0.696. The number of hydrogen-bond acceptors (Lipinski definition) is 7. The minimum absolute atomic E-state index is 0.0510. The maximum Gasteiger partial charge on any atom is 0.254 e. The summed E-state index contributed by atoms with van der Waals surface area (Å²) >= 11 is 1.44. The number of rotatable bonds is 3. The molecule has 32 heavy (non-hydrogen) atoms. The van der Waals surface area contributed by atoms with Gasteiger partial charge in [-0.05, 0) is 42.7 Å². The number of morpholine rings is 1. The molecule has 0 atom stereocenters. The Morgan fingerprint density at radius 3 is 2.59 bits per heavy atom. The van der Waals surface area contributed by atoms with Crippen molar-refractivity contribution in [2.45, 2.75) is 18.3 Å². The van der Waals surface area contributed by atoms with E-state index in [2.05, 4.69) is 27.0 Å². The van der Waals surface area contributed by atoms with Crippen LogP contribution >= 0.6 is 11.3 Å². The minimum Gasteiger partial charge on any atom is -0.378 e. The molecule has 6 rings (SSSR count). The number of amides is 1. The lowest BCUT2D eigenvalue weighted by Crippen LogP contribution is -2.40. The summed E-state index contributed by atoms with van der Waals surface area (Å²) in [5, 5.41) is 9.07. The second kappa shape index (κ2) is 7.40. The highest BCUT2D eigenvalue weighted by Gasteiger charge is 2.52. The van der Waals surface area contributed by atoms with Crippen molar-refractivity contribution in [1.82, 2.24) is 14.9 Å². The molecular weight excluding hydrogens is 422 g/mol. The number of fused-ring (bicyclic) bond motifs is 2. The Balaban J connectivity index is 1.32. The van der Waals surface area contributed by atoms with Crippen molar-refractivity contribution >= 4 is 28.9 Å². The van der Waals surface area contributed by atoms with Crippen molar-refractivity contribution in [3.8, 4) is 16.5 Å². The van der Waals surface area contributed by atoms with Crippen molar-refractivity contribution in [2.75, 3.05) is 37.7 Å². The van der Waals surface area contributed by atoms with Crippen molar-refractivity contribution in [2.24, 2.45) is 0 Å². The van der Waals surface area contributed by atoms with Gasteiger partial charge in [0.2, 0.25) is 5.95 Å². The highest BCUT2D eigenvalue weighted by Crippen LogP contribution is 2.57. The van der Waals surface area contributed by atoms with Crippen molar-refractivity contribution < 1.29 is 9.53 Å². The summed E-state index contributed by atoms with van der Waals surface area (Å²) in [7, 11) is 0. The van der Waals surface area contributed by atoms with Gasteiger partial charge >= 0.3 is 0 Å². The Morgan fingerprint density at radius 1 is 1.12 bits per heavy atom. The van der Waals surface area contributed by atoms with Crippen LogP contribution < -0.4 is 4.90 Å². The van der Waals surface area contributed by atoms with Crippen molar-refractivity contribution in [3.05, 3.63) is 58.7 Å². The zero-order valence-electron chi connectivity index (χ0n) is 17.5. The second-order valence-electron chi connectivity index (χ2n) is 8.55. The molecule has 7 nitrogen and oxygen atoms in total. The first-order valence-corrected chi connectivity index (χ1v) is 11.6. The number of benzene rings is 1. The van der Waals surface area contributed by atoms with Crippen LogP contribution in [0.15, 0.2) is 42.7 Å². The predicted octanol–water partition coefficient (Wildman–Crippen LogP) is 3.73. The van der Waals surface area contributed by atoms with Gasteiger partial charge in [0.15, 0.2) is 0 Å². The van der Waals surface area contributed by atoms with E-state index in [1.165, 1.54) is 16.9 Å². The first-order chi connectivity index (χ1) is 15.7. The molecule has 2 fully saturated rings. The molecule has 0 unspecified atom stereocenters. The van der Waals surface area contributed by atoms with Gasteiger partial charge < -0.3 is 14.5 Å². The monoisotopic (exact) mass is 443 g/mol. The highest BCUT2D eigenvalue weighted by atomic mass is 32.1. The third kappa shape index (κ3) is 3.17. The van der Waals surface area contributed by atoms with Crippen LogP contribution in [0.2, 0.25) is 0 Å². The van der Waals surface area contributed by atoms with E-state index < -0.39 is 0 Å². The fourth-order valence-corrected chi connectivity index (χ4v) is 5.43. The summed E-state index contributed by atoms with van der Waals surface area (Å²) in [4.78, 5) is 28.0. The predicted molar refractivity (Wildman–Crippen MR) is 121 cm³/mol. The fourth-order valence-electron chi connectivity index (χ4n) is 4.66. The molecule has 2 aliphatic heterocycles. The Kier molecular flexibility index (Phi) is 4.49. The molecule has 4 heterocycles. The van der Waals surface area contributed by atoms with E-state index in [1.807, 2.05) is 41.6 Å². The van der Waals surface area contributed by atoms with Crippen LogP contribution in [0.25, 0.3) is 10.4 Å². The van der Waals surface area contributed by atoms with Crippen LogP contribution in [0.4, 0.5) is 11.6 Å². The third-order valence-electron chi connectivity index (χ3n) is 6.60. The lowest BCUT2D eigenvalue weighted by Gasteiger charge is -2.27. The zero-order valence-corrected chi connectivity index (χ0v) is 18.3. The molecule has 0 radical (unpaired) electrons. The summed E-state index contributed by atoms with van der Waals surface area (Å²) in [5.41, 5.74) is 4.09. The van der Waals surface area contributed by atoms with Crippen molar-refractivity contribution in [3.63, 3.8) is 0 Å². The van der Waals surface area contributed by atoms with E-state index in [-0.39, 0.29) is 11.3 Å². The fraction of sp³-hybridized carbons (Fsp3) is 0.333. The standard InChI is InChI=1S/C24H21N5O2S/c25-12-18-2-4-21(32-18)17-13-26-23(27-14-17)29-15-24(5-6-24)19-3-1-16(11-20(19)29)22(30)28-7-9-31-10-8-28/h1-4,11,13-14H,5-10,15H2. The number of carbonyl (C=O) groups excluding carboxylic acids is 1. The molecule has 160 valence electrons. The number of ether oxygens (including phenoxy) is 1. The summed E-state index contributed by atoms with van der Waals surface area (Å²) in [6.45, 7) is 3.28. The van der Waals surface area contributed by atoms with Gasteiger partial charge in [-0.1, -0.05) is 6.07 Å². The van der Waals surface area contributed by atoms with E-state index in [4.69, 9.17) is 10.00 Å². The van der Waals surface area contributed by atoms with Crippen LogP contribution in [0, 0.1) is 11.3 Å². The topological polar surface area (TPSA) is 82.4 Å². The molecule has 8 heteroatoms. The Hall–Kier alpha value is -3.28. The number of aromatic nitrogens is 2. The molecule has 1 spiro atoms. The van der Waals surface area contributed by atoms with Gasteiger partial charge in [0.25, 0.3) is 5.91 Å². The van der Waals surface area contributed by atoms with Crippen LogP contribution in [0.5, 0.6) is 0 Å². The van der Waals surface area contributed by atoms with Gasteiger partial charge in [-0.15, -0.1) is 11.3 Å². The molecule has 1 aromatic carbocycles. The number of carbonyl (C=O) groups is 1. The summed E-state index contributed by atoms with van der Waals surface area (Å²) in [6, 6.07) is 12.0. The molecule has 0 bridgehead atoms. The average Bonchev–Trinajstić information content (AvgIpc) is 3.34. The van der Waals surface area contributed by atoms with E-state index in [0.29, 0.717) is 42.7 Å². The Bertz CT molecular complexity index is 1240. The Labute approximate surface area is 189 Å². The molecule has 1 saturated carbocycles. The quantitative estimate of drug-likeness (QED) is 0.613. The van der Waals surface area contributed by atoms with Crippen molar-refractivity contribution in [1.29, 1.82) is 5.26 Å². The maximum absolute atomic E-state index is 13.0. The molecule has 1 amide bonds. The zero-order chi connectivity index (χ0) is 21.7. The van der Waals surface area contributed by atoms with Gasteiger partial charge in [0, 0.05) is 59.1 Å². The molecule has 3 aliphatic rings. The first kappa shape index (κ1) is 19.4. The smallest absolute Gasteiger partial charge is 0.254 e. The largest absolute Gasteiger partial charge is 0.378 e. The van der Waals surface area contributed by atoms with Crippen LogP contribution in [0.3, 0.4) is 0 Å². The number of hydrogen-bond donors (Lipinski definition) is 0. The molecule has 3 aromatic rings. The molecule has 2 aromatic heterocycles. The van der Waals surface area contributed by atoms with Gasteiger partial charge in [-0.2, -0.15) is 5.26 Å². The summed E-state index contributed by atoms with van der Waals surface area (Å²) in [6.07, 6.45) is 5.93. The normalized spacial score (nSPS) is 18.5. The molecule has 1 saturated heterocycles. The maximum atomic E-state index is 13.0. The SMILES string of the molecule is N#Cc1ccc(-c2cnc(N3CC4(CC4)c4ccc(C(=O)N5CCOCC5)cc43)nc2)s1. The number of nitriles is 1. The van der Waals surface area contributed by atoms with Crippen LogP contribution in [-0.2, 0) is 10.2 Å². The van der Waals surface area contributed by atoms with E-state index in [0.717, 1.165) is 35.5 Å². The molecule has 1 aliphatic carbocycles. The molecule has 0 N–H and O–H groups in total. The van der Waals surface area contributed by atoms with Gasteiger partial charge in [-0.3, -0.25) is 4.79 Å². The second-order valence-corrected chi connectivity index (χ2v) is 9.63. The highest BCUT2D eigenvalue weighted by molar-refractivity contribution is 7.16. The van der Waals surface area contributed by atoms with Crippen LogP contribution in [-0.4, -0.2) is 53.6 Å². The van der Waals surface area contributed by atoms with E-state index in [9.17, 15) is 4.79 Å². The lowest BCUT2D eigenvalue weighted by molar-refractivity contribution is 0.0303. The van der Waals surface area contributed by atoms with Crippen LogP contribution in [0.1, 0.15) is 33.6 Å². The first-order valence-electron chi connectivity index (χ1n) is 10.8. The van der Waals surface area contributed by atoms with Gasteiger partial charge in [0.1, 0.15) is 10.9 Å². The number of anilines is 2. The minimum atomic E-state index is 0.0510. The lowest BCUT2D eigenvalue weighted by atomic mass is 9.97. The van der Waals surface area contributed by atoms with Gasteiger partial charge in [0.05, 0.1) is 13.2 Å². The molecular formula is C24H21N5O2S. The van der Waals surface area contributed by atoms with E-state index in [1.54, 1.807) is 0 Å². The number of nitrogens with zero attached hydrogens (tertiary/aromatic N) is 5. The average molecular weight is 444 g/mol. The van der Waals surface area contributed by atoms with E-state index >= 15 is 0 Å². The van der Waals surface area contributed by atoms with Gasteiger partial charge in [-0.25, -0.2) is 9.97 Å². The number of thiophene rings is 1. The summed E-state index contributed by atoms with van der Waals surface area (Å²) < 4.78 is 5.39. The third-order valence-corrected chi connectivity index (χ3v) is 7.64.